The molecule has 3 aliphatic heterocycles. The van der Waals surface area contributed by atoms with Gasteiger partial charge in [0.2, 0.25) is 12.5 Å². The van der Waals surface area contributed by atoms with E-state index in [0.29, 0.717) is 51.3 Å². The van der Waals surface area contributed by atoms with Crippen molar-refractivity contribution in [3.05, 3.63) is 77.6 Å². The standard InChI is InChI=1S/C31H35N7O3/c1-4-28(39)38-15-14-37(18-23(38)17-32-2)30-25-20-40-27(29-24-10-6-5-8-21(24)11-12-33-29)16-26(25)34-31(35-30)41-19-22-9-7-13-36(22)3/h4-6,8,10-12,22-23,27H,1,7,9,13-20H2,3H3/t22-,23-,27?/m0/s1. The molecule has 10 heteroatoms. The summed E-state index contributed by atoms with van der Waals surface area (Å²) < 4.78 is 12.7. The first kappa shape index (κ1) is 27.1. The molecule has 6 rings (SSSR count). The minimum Gasteiger partial charge on any atom is -0.462 e. The van der Waals surface area contributed by atoms with Crippen LogP contribution in [0, 0.1) is 6.57 Å². The summed E-state index contributed by atoms with van der Waals surface area (Å²) in [6, 6.07) is 10.7. The molecule has 2 aromatic heterocycles. The topological polar surface area (TPSA) is 88.3 Å². The number of anilines is 1. The van der Waals surface area contributed by atoms with Crippen molar-refractivity contribution in [2.75, 3.05) is 51.3 Å². The summed E-state index contributed by atoms with van der Waals surface area (Å²) in [6.07, 6.45) is 5.70. The molecule has 3 aliphatic rings. The zero-order valence-electron chi connectivity index (χ0n) is 23.4. The molecule has 3 atom stereocenters. The maximum Gasteiger partial charge on any atom is 0.318 e. The first-order valence-electron chi connectivity index (χ1n) is 14.2. The average Bonchev–Trinajstić information content (AvgIpc) is 3.43. The molecule has 3 aromatic rings. The predicted molar refractivity (Wildman–Crippen MR) is 156 cm³/mol. The zero-order valence-corrected chi connectivity index (χ0v) is 23.4. The maximum absolute atomic E-state index is 12.5. The summed E-state index contributed by atoms with van der Waals surface area (Å²) in [5, 5.41) is 2.20. The quantitative estimate of drug-likeness (QED) is 0.325. The lowest BCUT2D eigenvalue weighted by molar-refractivity contribution is -0.128. The van der Waals surface area contributed by atoms with E-state index in [1.807, 2.05) is 24.4 Å². The Balaban J connectivity index is 1.33. The van der Waals surface area contributed by atoms with Crippen molar-refractivity contribution in [2.24, 2.45) is 0 Å². The Kier molecular flexibility index (Phi) is 7.81. The summed E-state index contributed by atoms with van der Waals surface area (Å²) in [4.78, 5) is 36.8. The van der Waals surface area contributed by atoms with Gasteiger partial charge in [-0.1, -0.05) is 30.8 Å². The summed E-state index contributed by atoms with van der Waals surface area (Å²) in [5.74, 6) is 0.608. The van der Waals surface area contributed by atoms with Crippen LogP contribution < -0.4 is 9.64 Å². The SMILES string of the molecule is [C-]#[N+]C[C@H]1CN(c2nc(OC[C@@H]3CCCN3C)nc3c2COC(c2nccc4ccccc24)C3)CCN1C(=O)C=C. The summed E-state index contributed by atoms with van der Waals surface area (Å²) >= 11 is 0. The smallest absolute Gasteiger partial charge is 0.318 e. The maximum atomic E-state index is 12.5. The van der Waals surface area contributed by atoms with Gasteiger partial charge in [0.05, 0.1) is 18.0 Å². The van der Waals surface area contributed by atoms with Crippen LogP contribution in [0.4, 0.5) is 5.82 Å². The van der Waals surface area contributed by atoms with Crippen LogP contribution in [0.5, 0.6) is 6.01 Å². The minimum atomic E-state index is -0.258. The highest BCUT2D eigenvalue weighted by molar-refractivity contribution is 5.87. The van der Waals surface area contributed by atoms with Crippen LogP contribution in [0.25, 0.3) is 15.6 Å². The normalized spacial score (nSPS) is 22.8. The fourth-order valence-electron chi connectivity index (χ4n) is 6.21. The highest BCUT2D eigenvalue weighted by atomic mass is 16.5. The Bertz CT molecular complexity index is 1480. The highest BCUT2D eigenvalue weighted by Crippen LogP contribution is 2.37. The summed E-state index contributed by atoms with van der Waals surface area (Å²) in [5.41, 5.74) is 2.72. The molecule has 1 aromatic carbocycles. The number of nitrogens with zero attached hydrogens (tertiary/aromatic N) is 7. The number of carbonyl (C=O) groups is 1. The minimum absolute atomic E-state index is 0.151. The van der Waals surface area contributed by atoms with Crippen molar-refractivity contribution < 1.29 is 14.3 Å². The number of carbonyl (C=O) groups excluding carboxylic acids is 1. The first-order chi connectivity index (χ1) is 20.1. The molecule has 2 saturated heterocycles. The third-order valence-corrected chi connectivity index (χ3v) is 8.49. The van der Waals surface area contributed by atoms with Gasteiger partial charge >= 0.3 is 6.01 Å². The van der Waals surface area contributed by atoms with Crippen LogP contribution in [0.3, 0.4) is 0 Å². The fourth-order valence-corrected chi connectivity index (χ4v) is 6.21. The van der Waals surface area contributed by atoms with E-state index in [1.165, 1.54) is 6.08 Å². The van der Waals surface area contributed by atoms with Crippen LogP contribution >= 0.6 is 0 Å². The number of ether oxygens (including phenoxy) is 2. The highest BCUT2D eigenvalue weighted by Gasteiger charge is 2.36. The van der Waals surface area contributed by atoms with E-state index in [-0.39, 0.29) is 24.6 Å². The molecule has 2 fully saturated rings. The number of amides is 1. The third kappa shape index (κ3) is 5.47. The van der Waals surface area contributed by atoms with E-state index in [2.05, 4.69) is 40.4 Å². The lowest BCUT2D eigenvalue weighted by Gasteiger charge is -2.40. The molecule has 212 valence electrons. The second-order valence-corrected chi connectivity index (χ2v) is 10.9. The van der Waals surface area contributed by atoms with Crippen LogP contribution in [0.15, 0.2) is 49.2 Å². The van der Waals surface area contributed by atoms with Gasteiger partial charge in [0, 0.05) is 49.2 Å². The van der Waals surface area contributed by atoms with Gasteiger partial charge < -0.3 is 29.0 Å². The molecule has 0 bridgehead atoms. The van der Waals surface area contributed by atoms with Gasteiger partial charge in [0.15, 0.2) is 0 Å². The molecular formula is C31H35N7O3. The third-order valence-electron chi connectivity index (χ3n) is 8.49. The Morgan fingerprint density at radius 2 is 2.10 bits per heavy atom. The zero-order chi connectivity index (χ0) is 28.3. The predicted octanol–water partition coefficient (Wildman–Crippen LogP) is 3.43. The number of piperazine rings is 1. The van der Waals surface area contributed by atoms with Crippen molar-refractivity contribution in [3.8, 4) is 6.01 Å². The second kappa shape index (κ2) is 11.8. The molecular weight excluding hydrogens is 518 g/mol. The Morgan fingerprint density at radius 1 is 1.22 bits per heavy atom. The van der Waals surface area contributed by atoms with E-state index in [0.717, 1.165) is 52.9 Å². The molecule has 0 N–H and O–H groups in total. The van der Waals surface area contributed by atoms with Crippen molar-refractivity contribution in [1.82, 2.24) is 24.8 Å². The number of aromatic nitrogens is 3. The molecule has 1 amide bonds. The summed E-state index contributed by atoms with van der Waals surface area (Å²) in [7, 11) is 2.13. The van der Waals surface area contributed by atoms with Gasteiger partial charge in [-0.2, -0.15) is 9.97 Å². The van der Waals surface area contributed by atoms with Crippen molar-refractivity contribution in [3.63, 3.8) is 0 Å². The molecule has 1 unspecified atom stereocenters. The summed E-state index contributed by atoms with van der Waals surface area (Å²) in [6.45, 7) is 14.8. The van der Waals surface area contributed by atoms with Crippen LogP contribution in [-0.4, -0.2) is 89.1 Å². The van der Waals surface area contributed by atoms with E-state index in [4.69, 9.17) is 31.0 Å². The van der Waals surface area contributed by atoms with E-state index < -0.39 is 0 Å². The van der Waals surface area contributed by atoms with E-state index in [9.17, 15) is 4.79 Å². The lowest BCUT2D eigenvalue weighted by Crippen LogP contribution is -2.56. The second-order valence-electron chi connectivity index (χ2n) is 10.9. The number of hydrogen-bond acceptors (Lipinski definition) is 8. The van der Waals surface area contributed by atoms with E-state index >= 15 is 0 Å². The molecule has 0 radical (unpaired) electrons. The van der Waals surface area contributed by atoms with Gasteiger partial charge in [-0.15, -0.1) is 0 Å². The number of fused-ring (bicyclic) bond motifs is 2. The van der Waals surface area contributed by atoms with Crippen LogP contribution in [0.2, 0.25) is 0 Å². The van der Waals surface area contributed by atoms with Crippen molar-refractivity contribution in [1.29, 1.82) is 0 Å². The average molecular weight is 554 g/mol. The van der Waals surface area contributed by atoms with Gasteiger partial charge in [-0.3, -0.25) is 9.78 Å². The molecule has 0 aliphatic carbocycles. The van der Waals surface area contributed by atoms with Crippen molar-refractivity contribution in [2.45, 2.75) is 44.1 Å². The van der Waals surface area contributed by atoms with Crippen molar-refractivity contribution >= 4 is 22.5 Å². The molecule has 5 heterocycles. The molecule has 41 heavy (non-hydrogen) atoms. The van der Waals surface area contributed by atoms with Crippen LogP contribution in [-0.2, 0) is 22.6 Å². The van der Waals surface area contributed by atoms with Crippen LogP contribution in [0.1, 0.15) is 35.9 Å². The fraction of sp³-hybridized carbons (Fsp3) is 0.452. The first-order valence-corrected chi connectivity index (χ1v) is 14.2. The van der Waals surface area contributed by atoms with Gasteiger partial charge in [-0.25, -0.2) is 6.57 Å². The number of rotatable bonds is 7. The Labute approximate surface area is 240 Å². The Hall–Kier alpha value is -4.07. The molecule has 10 nitrogen and oxygen atoms in total. The molecule has 0 saturated carbocycles. The number of likely N-dealkylation sites (tertiary alicyclic amines) is 1. The molecule has 0 spiro atoms. The number of pyridine rings is 1. The van der Waals surface area contributed by atoms with E-state index in [1.54, 1.807) is 4.90 Å². The van der Waals surface area contributed by atoms with Gasteiger partial charge in [0.25, 0.3) is 0 Å². The Morgan fingerprint density at radius 3 is 2.90 bits per heavy atom. The van der Waals surface area contributed by atoms with Gasteiger partial charge in [0.1, 0.15) is 24.6 Å². The number of benzene rings is 1. The number of likely N-dealkylation sites (N-methyl/N-ethyl adjacent to an activating group) is 1. The van der Waals surface area contributed by atoms with Gasteiger partial charge in [-0.05, 0) is 44.0 Å². The largest absolute Gasteiger partial charge is 0.462 e. The monoisotopic (exact) mass is 553 g/mol. The number of hydrogen-bond donors (Lipinski definition) is 0. The lowest BCUT2D eigenvalue weighted by atomic mass is 9.98.